The minimum Gasteiger partial charge on any atom is -0.357 e. The van der Waals surface area contributed by atoms with E-state index in [2.05, 4.69) is 40.8 Å². The number of aryl methyl sites for hydroxylation is 1. The average Bonchev–Trinajstić information content (AvgIpc) is 3.10. The highest BCUT2D eigenvalue weighted by Crippen LogP contribution is 2.13. The van der Waals surface area contributed by atoms with Crippen LogP contribution in [0.5, 0.6) is 0 Å². The average molecular weight is 272 g/mol. The minimum absolute atomic E-state index is 0.369. The summed E-state index contributed by atoms with van der Waals surface area (Å²) in [5, 5.41) is 14.0. The van der Waals surface area contributed by atoms with Crippen molar-refractivity contribution in [3.05, 3.63) is 25.0 Å². The third-order valence-electron chi connectivity index (χ3n) is 2.43. The van der Waals surface area contributed by atoms with Crippen molar-refractivity contribution in [1.82, 2.24) is 39.5 Å². The monoisotopic (exact) mass is 272 g/mol. The van der Waals surface area contributed by atoms with E-state index in [1.165, 1.54) is 17.3 Å². The second-order valence-electron chi connectivity index (χ2n) is 3.90. The van der Waals surface area contributed by atoms with Gasteiger partial charge in [0.05, 0.1) is 11.9 Å². The Bertz CT molecular complexity index is 701. The first kappa shape index (κ1) is 12.0. The Kier molecular flexibility index (Phi) is 2.95. The molecule has 0 aliphatic carbocycles. The van der Waals surface area contributed by atoms with E-state index < -0.39 is 0 Å². The summed E-state index contributed by atoms with van der Waals surface area (Å²) in [7, 11) is 3.56. The molecule has 0 spiro atoms. The molecular weight excluding hydrogens is 260 g/mol. The molecule has 0 saturated carbocycles. The molecule has 10 nitrogen and oxygen atoms in total. The molecule has 0 aliphatic rings. The predicted octanol–water partition coefficient (Wildman–Crippen LogP) is -0.0289. The van der Waals surface area contributed by atoms with Gasteiger partial charge in [0.25, 0.3) is 5.95 Å². The van der Waals surface area contributed by atoms with E-state index in [1.807, 2.05) is 13.2 Å². The van der Waals surface area contributed by atoms with E-state index in [4.69, 9.17) is 0 Å². The van der Waals surface area contributed by atoms with Crippen molar-refractivity contribution in [3.8, 4) is 5.95 Å². The molecule has 20 heavy (non-hydrogen) atoms. The van der Waals surface area contributed by atoms with E-state index in [0.29, 0.717) is 17.8 Å². The van der Waals surface area contributed by atoms with Crippen molar-refractivity contribution in [1.29, 1.82) is 0 Å². The summed E-state index contributed by atoms with van der Waals surface area (Å²) in [6.07, 6.45) is 6.43. The maximum Gasteiger partial charge on any atom is 0.258 e. The molecule has 2 N–H and O–H groups in total. The van der Waals surface area contributed by atoms with Crippen LogP contribution in [0.25, 0.3) is 5.95 Å². The van der Waals surface area contributed by atoms with Crippen LogP contribution < -0.4 is 10.6 Å². The molecule has 0 radical (unpaired) electrons. The molecule has 3 rings (SSSR count). The van der Waals surface area contributed by atoms with Crippen LogP contribution in [0.2, 0.25) is 0 Å². The second-order valence-corrected chi connectivity index (χ2v) is 3.90. The summed E-state index contributed by atoms with van der Waals surface area (Å²) in [6, 6.07) is 0. The molecule has 0 amide bonds. The van der Waals surface area contributed by atoms with Gasteiger partial charge >= 0.3 is 0 Å². The molecule has 3 heterocycles. The van der Waals surface area contributed by atoms with Crippen LogP contribution in [0.3, 0.4) is 0 Å². The highest BCUT2D eigenvalue weighted by molar-refractivity contribution is 5.52. The lowest BCUT2D eigenvalue weighted by Crippen LogP contribution is -2.09. The first-order valence-electron chi connectivity index (χ1n) is 5.79. The molecule has 3 aromatic heterocycles. The Morgan fingerprint density at radius 2 is 1.95 bits per heavy atom. The molecule has 0 aliphatic heterocycles. The third kappa shape index (κ3) is 2.39. The largest absolute Gasteiger partial charge is 0.357 e. The fraction of sp³-hybridized carbons (Fsp3) is 0.200. The standard InChI is InChI=1S/C10H12N10/c1-11-8-16-9(15-7-3-13-19(2)4-7)18-10(17-8)20-6-12-5-14-20/h3-6H,1-2H3,(H2,11,15,16,17,18). The predicted molar refractivity (Wildman–Crippen MR) is 70.8 cm³/mol. The number of nitrogens with one attached hydrogen (secondary N) is 2. The molecular formula is C10H12N10. The zero-order chi connectivity index (χ0) is 13.9. The lowest BCUT2D eigenvalue weighted by molar-refractivity contribution is 0.768. The van der Waals surface area contributed by atoms with Gasteiger partial charge in [-0.05, 0) is 0 Å². The van der Waals surface area contributed by atoms with Crippen LogP contribution >= 0.6 is 0 Å². The fourth-order valence-corrected chi connectivity index (χ4v) is 1.56. The van der Waals surface area contributed by atoms with Gasteiger partial charge < -0.3 is 10.6 Å². The summed E-state index contributed by atoms with van der Waals surface area (Å²) < 4.78 is 3.14. The van der Waals surface area contributed by atoms with Crippen LogP contribution in [0.15, 0.2) is 25.0 Å². The van der Waals surface area contributed by atoms with Crippen molar-refractivity contribution in [2.45, 2.75) is 0 Å². The normalized spacial score (nSPS) is 10.5. The molecule has 102 valence electrons. The van der Waals surface area contributed by atoms with E-state index >= 15 is 0 Å². The molecule has 0 bridgehead atoms. The summed E-state index contributed by atoms with van der Waals surface area (Å²) in [5.41, 5.74) is 0.783. The Morgan fingerprint density at radius 1 is 1.10 bits per heavy atom. The topological polar surface area (TPSA) is 111 Å². The zero-order valence-electron chi connectivity index (χ0n) is 10.9. The Hall–Kier alpha value is -3.04. The lowest BCUT2D eigenvalue weighted by Gasteiger charge is -2.06. The maximum atomic E-state index is 4.28. The first-order valence-corrected chi connectivity index (χ1v) is 5.79. The number of rotatable bonds is 4. The molecule has 0 unspecified atom stereocenters. The highest BCUT2D eigenvalue weighted by atomic mass is 15.4. The zero-order valence-corrected chi connectivity index (χ0v) is 10.9. The number of anilines is 3. The summed E-state index contributed by atoms with van der Waals surface area (Å²) >= 11 is 0. The van der Waals surface area contributed by atoms with Crippen molar-refractivity contribution in [3.63, 3.8) is 0 Å². The summed E-state index contributed by atoms with van der Waals surface area (Å²) in [5.74, 6) is 1.19. The molecule has 0 fully saturated rings. The molecule has 3 aromatic rings. The van der Waals surface area contributed by atoms with Crippen LogP contribution in [0.4, 0.5) is 17.6 Å². The van der Waals surface area contributed by atoms with Crippen molar-refractivity contribution in [2.75, 3.05) is 17.7 Å². The van der Waals surface area contributed by atoms with Crippen molar-refractivity contribution < 1.29 is 0 Å². The number of hydrogen-bond donors (Lipinski definition) is 2. The van der Waals surface area contributed by atoms with Crippen LogP contribution in [0.1, 0.15) is 0 Å². The van der Waals surface area contributed by atoms with Gasteiger partial charge in [0.15, 0.2) is 0 Å². The number of hydrogen-bond acceptors (Lipinski definition) is 8. The van der Waals surface area contributed by atoms with E-state index in [1.54, 1.807) is 17.9 Å². The Morgan fingerprint density at radius 3 is 2.60 bits per heavy atom. The summed E-state index contributed by atoms with van der Waals surface area (Å²) in [4.78, 5) is 16.6. The Balaban J connectivity index is 1.96. The van der Waals surface area contributed by atoms with Crippen LogP contribution in [-0.2, 0) is 7.05 Å². The van der Waals surface area contributed by atoms with Crippen LogP contribution in [-0.4, -0.2) is 46.5 Å². The van der Waals surface area contributed by atoms with Gasteiger partial charge in [-0.25, -0.2) is 4.98 Å². The SMILES string of the molecule is CNc1nc(Nc2cnn(C)c2)nc(-n2cncn2)n1. The molecule has 0 aromatic carbocycles. The quantitative estimate of drug-likeness (QED) is 0.681. The minimum atomic E-state index is 0.369. The maximum absolute atomic E-state index is 4.28. The third-order valence-corrected chi connectivity index (χ3v) is 2.43. The number of aromatic nitrogens is 8. The van der Waals surface area contributed by atoms with Gasteiger partial charge in [-0.2, -0.15) is 29.8 Å². The van der Waals surface area contributed by atoms with Gasteiger partial charge in [0.2, 0.25) is 11.9 Å². The molecule has 0 saturated heterocycles. The van der Waals surface area contributed by atoms with E-state index in [9.17, 15) is 0 Å². The van der Waals surface area contributed by atoms with Gasteiger partial charge in [0.1, 0.15) is 12.7 Å². The smallest absolute Gasteiger partial charge is 0.258 e. The van der Waals surface area contributed by atoms with E-state index in [0.717, 1.165) is 5.69 Å². The van der Waals surface area contributed by atoms with Gasteiger partial charge in [0, 0.05) is 20.3 Å². The highest BCUT2D eigenvalue weighted by Gasteiger charge is 2.08. The second kappa shape index (κ2) is 4.91. The first-order chi connectivity index (χ1) is 9.74. The van der Waals surface area contributed by atoms with Gasteiger partial charge in [-0.1, -0.05) is 0 Å². The fourth-order valence-electron chi connectivity index (χ4n) is 1.56. The molecule has 0 atom stereocenters. The molecule has 10 heteroatoms. The van der Waals surface area contributed by atoms with Crippen molar-refractivity contribution in [2.24, 2.45) is 7.05 Å². The Labute approximate surface area is 113 Å². The van der Waals surface area contributed by atoms with Crippen LogP contribution in [0, 0.1) is 0 Å². The van der Waals surface area contributed by atoms with E-state index in [-0.39, 0.29) is 0 Å². The van der Waals surface area contributed by atoms with Crippen molar-refractivity contribution >= 4 is 17.6 Å². The lowest BCUT2D eigenvalue weighted by atomic mass is 10.6. The number of nitrogens with zero attached hydrogens (tertiary/aromatic N) is 8. The summed E-state index contributed by atoms with van der Waals surface area (Å²) in [6.45, 7) is 0. The van der Waals surface area contributed by atoms with Gasteiger partial charge in [-0.3, -0.25) is 4.68 Å². The van der Waals surface area contributed by atoms with Gasteiger partial charge in [-0.15, -0.1) is 0 Å².